The van der Waals surface area contributed by atoms with Crippen LogP contribution in [-0.2, 0) is 11.3 Å². The van der Waals surface area contributed by atoms with Crippen molar-refractivity contribution < 1.29 is 9.59 Å². The molecule has 0 radical (unpaired) electrons. The molecule has 2 aromatic carbocycles. The molecule has 0 saturated carbocycles. The van der Waals surface area contributed by atoms with Crippen molar-refractivity contribution in [2.75, 3.05) is 16.4 Å². The molecule has 7 nitrogen and oxygen atoms in total. The fraction of sp³-hybridized carbons (Fsp3) is 0.130. The maximum atomic E-state index is 12.5. The Balaban J connectivity index is 1.37. The molecule has 2 amide bonds. The van der Waals surface area contributed by atoms with Crippen LogP contribution in [0, 0.1) is 0 Å². The zero-order chi connectivity index (χ0) is 23.2. The number of nitrogens with one attached hydrogen (secondary N) is 2. The van der Waals surface area contributed by atoms with Gasteiger partial charge in [-0.2, -0.15) is 0 Å². The molecule has 2 aromatic heterocycles. The summed E-state index contributed by atoms with van der Waals surface area (Å²) in [5, 5.41) is 17.2. The molecule has 33 heavy (non-hydrogen) atoms. The number of nitrogens with zero attached hydrogens (tertiary/aromatic N) is 3. The molecule has 4 rings (SSSR count). The number of amides is 2. The topological polar surface area (TPSA) is 88.9 Å². The molecule has 168 valence electrons. The van der Waals surface area contributed by atoms with Crippen LogP contribution < -0.4 is 10.6 Å². The molecule has 10 heteroatoms. The molecule has 2 heterocycles. The van der Waals surface area contributed by atoms with Crippen molar-refractivity contribution in [3.63, 3.8) is 0 Å². The SMILES string of the molecule is CCn1c(SCC(=O)Nc2cccc(NC(=O)c3ccccc3Cl)c2)nnc1-c1cccs1. The maximum Gasteiger partial charge on any atom is 0.257 e. The Morgan fingerprint density at radius 1 is 1.03 bits per heavy atom. The molecule has 4 aromatic rings. The van der Waals surface area contributed by atoms with Crippen LogP contribution in [0.15, 0.2) is 71.2 Å². The number of benzene rings is 2. The number of thioether (sulfide) groups is 1. The summed E-state index contributed by atoms with van der Waals surface area (Å²) in [6.45, 7) is 2.73. The first-order valence-corrected chi connectivity index (χ1v) is 12.3. The van der Waals surface area contributed by atoms with Crippen molar-refractivity contribution in [3.05, 3.63) is 76.6 Å². The minimum Gasteiger partial charge on any atom is -0.325 e. The Morgan fingerprint density at radius 3 is 2.55 bits per heavy atom. The van der Waals surface area contributed by atoms with E-state index in [0.717, 1.165) is 10.7 Å². The van der Waals surface area contributed by atoms with E-state index in [0.29, 0.717) is 33.7 Å². The number of carbonyl (C=O) groups is 2. The molecule has 0 bridgehead atoms. The summed E-state index contributed by atoms with van der Waals surface area (Å²) in [6.07, 6.45) is 0. The lowest BCUT2D eigenvalue weighted by atomic mass is 10.2. The van der Waals surface area contributed by atoms with E-state index < -0.39 is 0 Å². The minimum atomic E-state index is -0.319. The summed E-state index contributed by atoms with van der Waals surface area (Å²) in [5.41, 5.74) is 1.51. The van der Waals surface area contributed by atoms with Crippen LogP contribution in [0.4, 0.5) is 11.4 Å². The zero-order valence-corrected chi connectivity index (χ0v) is 20.0. The molecule has 0 fully saturated rings. The van der Waals surface area contributed by atoms with Gasteiger partial charge in [0.15, 0.2) is 11.0 Å². The fourth-order valence-corrected chi connectivity index (χ4v) is 4.86. The zero-order valence-electron chi connectivity index (χ0n) is 17.6. The summed E-state index contributed by atoms with van der Waals surface area (Å²) in [4.78, 5) is 26.0. The summed E-state index contributed by atoms with van der Waals surface area (Å²) >= 11 is 9.02. The Kier molecular flexibility index (Phi) is 7.43. The average Bonchev–Trinajstić information content (AvgIpc) is 3.47. The van der Waals surface area contributed by atoms with Gasteiger partial charge < -0.3 is 15.2 Å². The molecule has 2 N–H and O–H groups in total. The van der Waals surface area contributed by atoms with Crippen LogP contribution in [0.25, 0.3) is 10.7 Å². The van der Waals surface area contributed by atoms with E-state index >= 15 is 0 Å². The standard InChI is InChI=1S/C23H20ClN5O2S2/c1-2-29-21(19-11-6-12-32-19)27-28-23(29)33-14-20(30)25-15-7-5-8-16(13-15)26-22(31)17-9-3-4-10-18(17)24/h3-13H,2,14H2,1H3,(H,25,30)(H,26,31). The summed E-state index contributed by atoms with van der Waals surface area (Å²) in [7, 11) is 0. The number of hydrogen-bond donors (Lipinski definition) is 2. The lowest BCUT2D eigenvalue weighted by Gasteiger charge is -2.10. The smallest absolute Gasteiger partial charge is 0.257 e. The second-order valence-corrected chi connectivity index (χ2v) is 9.18. The Hall–Kier alpha value is -3.14. The minimum absolute atomic E-state index is 0.179. The molecule has 0 aliphatic heterocycles. The van der Waals surface area contributed by atoms with Crippen molar-refractivity contribution in [2.24, 2.45) is 0 Å². The summed E-state index contributed by atoms with van der Waals surface area (Å²) < 4.78 is 1.99. The van der Waals surface area contributed by atoms with Crippen molar-refractivity contribution >= 4 is 57.9 Å². The highest BCUT2D eigenvalue weighted by Gasteiger charge is 2.15. The summed E-state index contributed by atoms with van der Waals surface area (Å²) in [6, 6.07) is 17.8. The van der Waals surface area contributed by atoms with E-state index in [2.05, 4.69) is 20.8 Å². The second kappa shape index (κ2) is 10.7. The number of aromatic nitrogens is 3. The molecule has 0 unspecified atom stereocenters. The predicted octanol–water partition coefficient (Wildman–Crippen LogP) is 5.66. The highest BCUT2D eigenvalue weighted by Crippen LogP contribution is 2.27. The van der Waals surface area contributed by atoms with Crippen LogP contribution in [0.1, 0.15) is 17.3 Å². The number of thiophene rings is 1. The fourth-order valence-electron chi connectivity index (χ4n) is 3.11. The monoisotopic (exact) mass is 497 g/mol. The first-order chi connectivity index (χ1) is 16.0. The van der Waals surface area contributed by atoms with E-state index in [1.54, 1.807) is 59.9 Å². The van der Waals surface area contributed by atoms with Crippen molar-refractivity contribution in [3.8, 4) is 10.7 Å². The van der Waals surface area contributed by atoms with Gasteiger partial charge in [-0.15, -0.1) is 21.5 Å². The van der Waals surface area contributed by atoms with Gasteiger partial charge >= 0.3 is 0 Å². The largest absolute Gasteiger partial charge is 0.325 e. The molecular formula is C23H20ClN5O2S2. The van der Waals surface area contributed by atoms with Crippen molar-refractivity contribution in [2.45, 2.75) is 18.6 Å². The lowest BCUT2D eigenvalue weighted by Crippen LogP contribution is -2.16. The van der Waals surface area contributed by atoms with Crippen molar-refractivity contribution in [1.29, 1.82) is 0 Å². The van der Waals surface area contributed by atoms with Gasteiger partial charge in [-0.3, -0.25) is 9.59 Å². The van der Waals surface area contributed by atoms with E-state index in [4.69, 9.17) is 11.6 Å². The van der Waals surface area contributed by atoms with Crippen molar-refractivity contribution in [1.82, 2.24) is 14.8 Å². The van der Waals surface area contributed by atoms with Gasteiger partial charge in [-0.05, 0) is 48.7 Å². The van der Waals surface area contributed by atoms with Crippen LogP contribution in [0.2, 0.25) is 5.02 Å². The van der Waals surface area contributed by atoms with Gasteiger partial charge in [0.2, 0.25) is 5.91 Å². The van der Waals surface area contributed by atoms with Crippen LogP contribution in [0.3, 0.4) is 0 Å². The number of halogens is 1. The highest BCUT2D eigenvalue weighted by atomic mass is 35.5. The lowest BCUT2D eigenvalue weighted by molar-refractivity contribution is -0.113. The average molecular weight is 498 g/mol. The third-order valence-electron chi connectivity index (χ3n) is 4.63. The van der Waals surface area contributed by atoms with Crippen LogP contribution in [0.5, 0.6) is 0 Å². The van der Waals surface area contributed by atoms with E-state index in [1.165, 1.54) is 11.8 Å². The van der Waals surface area contributed by atoms with E-state index in [9.17, 15) is 9.59 Å². The Morgan fingerprint density at radius 2 is 1.82 bits per heavy atom. The Bertz CT molecular complexity index is 1270. The van der Waals surface area contributed by atoms with Crippen LogP contribution in [-0.4, -0.2) is 32.3 Å². The summed E-state index contributed by atoms with van der Waals surface area (Å²) in [5.74, 6) is 0.481. The van der Waals surface area contributed by atoms with Gasteiger partial charge in [0.25, 0.3) is 5.91 Å². The molecule has 0 saturated heterocycles. The highest BCUT2D eigenvalue weighted by molar-refractivity contribution is 7.99. The van der Waals surface area contributed by atoms with Gasteiger partial charge in [-0.25, -0.2) is 0 Å². The second-order valence-electron chi connectivity index (χ2n) is 6.88. The number of anilines is 2. The first-order valence-electron chi connectivity index (χ1n) is 10.1. The third kappa shape index (κ3) is 5.62. The predicted molar refractivity (Wildman–Crippen MR) is 134 cm³/mol. The van der Waals surface area contributed by atoms with Crippen LogP contribution >= 0.6 is 34.7 Å². The van der Waals surface area contributed by atoms with Gasteiger partial charge in [-0.1, -0.05) is 47.6 Å². The van der Waals surface area contributed by atoms with E-state index in [1.807, 2.05) is 29.0 Å². The van der Waals surface area contributed by atoms with Gasteiger partial charge in [0, 0.05) is 17.9 Å². The third-order valence-corrected chi connectivity index (χ3v) is 6.79. The van der Waals surface area contributed by atoms with Gasteiger partial charge in [0.1, 0.15) is 0 Å². The van der Waals surface area contributed by atoms with E-state index in [-0.39, 0.29) is 17.6 Å². The normalized spacial score (nSPS) is 10.7. The molecule has 0 aliphatic carbocycles. The number of carbonyl (C=O) groups excluding carboxylic acids is 2. The number of hydrogen-bond acceptors (Lipinski definition) is 6. The first kappa shape index (κ1) is 23.0. The van der Waals surface area contributed by atoms with Gasteiger partial charge in [0.05, 0.1) is 21.2 Å². The number of rotatable bonds is 8. The molecule has 0 aliphatic rings. The molecule has 0 spiro atoms. The molecular weight excluding hydrogens is 478 g/mol. The molecule has 0 atom stereocenters. The maximum absolute atomic E-state index is 12.5. The Labute approximate surface area is 204 Å². The quantitative estimate of drug-likeness (QED) is 0.306.